The normalized spacial score (nSPS) is 32.8. The molecule has 2 heterocycles. The molecule has 2 fully saturated rings. The molecule has 0 aliphatic carbocycles. The predicted octanol–water partition coefficient (Wildman–Crippen LogP) is 2.00. The van der Waals surface area contributed by atoms with Crippen LogP contribution in [0, 0.1) is 5.92 Å². The second kappa shape index (κ2) is 6.72. The van der Waals surface area contributed by atoms with E-state index < -0.39 is 0 Å². The molecule has 17 heavy (non-hydrogen) atoms. The molecule has 0 aromatic rings. The van der Waals surface area contributed by atoms with Crippen molar-refractivity contribution in [3.8, 4) is 0 Å². The second-order valence-corrected chi connectivity index (χ2v) is 5.72. The molecule has 0 aromatic carbocycles. The van der Waals surface area contributed by atoms with Crippen LogP contribution < -0.4 is 5.73 Å². The summed E-state index contributed by atoms with van der Waals surface area (Å²) >= 11 is 0. The van der Waals surface area contributed by atoms with E-state index in [0.717, 1.165) is 32.2 Å². The van der Waals surface area contributed by atoms with E-state index >= 15 is 0 Å². The van der Waals surface area contributed by atoms with Crippen molar-refractivity contribution in [3.63, 3.8) is 0 Å². The van der Waals surface area contributed by atoms with Crippen molar-refractivity contribution in [2.45, 2.75) is 57.5 Å². The molecule has 3 atom stereocenters. The van der Waals surface area contributed by atoms with Gasteiger partial charge in [-0.05, 0) is 32.2 Å². The Hall–Kier alpha value is -0.120. The topological polar surface area (TPSA) is 38.5 Å². The van der Waals surface area contributed by atoms with Crippen LogP contribution in [-0.4, -0.2) is 43.3 Å². The van der Waals surface area contributed by atoms with Crippen LogP contribution in [0.5, 0.6) is 0 Å². The Bertz CT molecular complexity index is 214. The maximum atomic E-state index is 6.35. The van der Waals surface area contributed by atoms with Crippen molar-refractivity contribution in [2.24, 2.45) is 11.7 Å². The van der Waals surface area contributed by atoms with Crippen LogP contribution in [0.1, 0.15) is 45.4 Å². The average Bonchev–Trinajstić information content (AvgIpc) is 2.85. The van der Waals surface area contributed by atoms with E-state index in [2.05, 4.69) is 11.8 Å². The van der Waals surface area contributed by atoms with Gasteiger partial charge in [0, 0.05) is 31.2 Å². The van der Waals surface area contributed by atoms with Crippen LogP contribution in [-0.2, 0) is 4.74 Å². The van der Waals surface area contributed by atoms with Gasteiger partial charge in [-0.3, -0.25) is 4.90 Å². The fraction of sp³-hybridized carbons (Fsp3) is 1.00. The lowest BCUT2D eigenvalue weighted by molar-refractivity contribution is 0.115. The smallest absolute Gasteiger partial charge is 0.0510 e. The van der Waals surface area contributed by atoms with Crippen molar-refractivity contribution in [1.29, 1.82) is 0 Å². The molecule has 3 nitrogen and oxygen atoms in total. The Morgan fingerprint density at radius 3 is 2.94 bits per heavy atom. The molecule has 0 saturated carbocycles. The zero-order chi connectivity index (χ0) is 12.1. The molecule has 2 aliphatic rings. The Labute approximate surface area is 106 Å². The minimum atomic E-state index is 0.315. The first-order chi connectivity index (χ1) is 8.31. The molecule has 2 rings (SSSR count). The number of piperidine rings is 1. The molecule has 0 radical (unpaired) electrons. The number of likely N-dealkylation sites (tertiary alicyclic amines) is 1. The zero-order valence-corrected chi connectivity index (χ0v) is 11.2. The number of rotatable bonds is 5. The van der Waals surface area contributed by atoms with E-state index in [1.807, 2.05) is 0 Å². The van der Waals surface area contributed by atoms with E-state index in [0.29, 0.717) is 12.0 Å². The van der Waals surface area contributed by atoms with Gasteiger partial charge in [0.1, 0.15) is 0 Å². The van der Waals surface area contributed by atoms with Crippen molar-refractivity contribution >= 4 is 0 Å². The van der Waals surface area contributed by atoms with Crippen LogP contribution in [0.3, 0.4) is 0 Å². The van der Waals surface area contributed by atoms with Gasteiger partial charge in [-0.1, -0.05) is 19.8 Å². The molecule has 0 spiro atoms. The summed E-state index contributed by atoms with van der Waals surface area (Å²) in [5.74, 6) is 0.596. The number of hydrogen-bond acceptors (Lipinski definition) is 3. The summed E-state index contributed by atoms with van der Waals surface area (Å²) in [6.07, 6.45) is 7.93. The van der Waals surface area contributed by atoms with E-state index in [1.165, 1.54) is 38.6 Å². The van der Waals surface area contributed by atoms with Gasteiger partial charge in [-0.15, -0.1) is 0 Å². The van der Waals surface area contributed by atoms with Crippen LogP contribution in [0.2, 0.25) is 0 Å². The summed E-state index contributed by atoms with van der Waals surface area (Å²) in [7, 11) is 0. The lowest BCUT2D eigenvalue weighted by Crippen LogP contribution is -2.48. The summed E-state index contributed by atoms with van der Waals surface area (Å²) in [5, 5.41) is 0. The van der Waals surface area contributed by atoms with Gasteiger partial charge in [0.05, 0.1) is 6.61 Å². The summed E-state index contributed by atoms with van der Waals surface area (Å²) in [4.78, 5) is 2.65. The van der Waals surface area contributed by atoms with Crippen LogP contribution >= 0.6 is 0 Å². The Morgan fingerprint density at radius 1 is 1.35 bits per heavy atom. The lowest BCUT2D eigenvalue weighted by Gasteiger charge is -2.38. The van der Waals surface area contributed by atoms with Crippen molar-refractivity contribution in [2.75, 3.05) is 26.3 Å². The van der Waals surface area contributed by atoms with Gasteiger partial charge in [-0.2, -0.15) is 0 Å². The minimum absolute atomic E-state index is 0.315. The van der Waals surface area contributed by atoms with E-state index in [9.17, 15) is 0 Å². The Kier molecular flexibility index (Phi) is 5.26. The molecule has 3 unspecified atom stereocenters. The predicted molar refractivity (Wildman–Crippen MR) is 71.0 cm³/mol. The molecule has 3 heteroatoms. The standard InChI is InChI=1S/C14H28N2O/c1-2-5-13-6-3-4-8-16(13)10-14(15)12-7-9-17-11-12/h12-14H,2-11,15H2,1H3. The summed E-state index contributed by atoms with van der Waals surface area (Å²) < 4.78 is 5.44. The van der Waals surface area contributed by atoms with Crippen molar-refractivity contribution in [3.05, 3.63) is 0 Å². The van der Waals surface area contributed by atoms with Crippen molar-refractivity contribution < 1.29 is 4.74 Å². The SMILES string of the molecule is CCCC1CCCCN1CC(N)C1CCOC1. The van der Waals surface area contributed by atoms with E-state index in [1.54, 1.807) is 0 Å². The molecular formula is C14H28N2O. The highest BCUT2D eigenvalue weighted by atomic mass is 16.5. The van der Waals surface area contributed by atoms with Gasteiger partial charge >= 0.3 is 0 Å². The third-order valence-electron chi connectivity index (χ3n) is 4.39. The highest BCUT2D eigenvalue weighted by Crippen LogP contribution is 2.23. The number of nitrogens with two attached hydrogens (primary N) is 1. The zero-order valence-electron chi connectivity index (χ0n) is 11.2. The monoisotopic (exact) mass is 240 g/mol. The quantitative estimate of drug-likeness (QED) is 0.799. The summed E-state index contributed by atoms with van der Waals surface area (Å²) in [6, 6.07) is 1.11. The second-order valence-electron chi connectivity index (χ2n) is 5.72. The third-order valence-corrected chi connectivity index (χ3v) is 4.39. The molecule has 0 amide bonds. The van der Waals surface area contributed by atoms with Crippen LogP contribution in [0.4, 0.5) is 0 Å². The fourth-order valence-corrected chi connectivity index (χ4v) is 3.27. The highest BCUT2D eigenvalue weighted by Gasteiger charge is 2.28. The maximum absolute atomic E-state index is 6.35. The van der Waals surface area contributed by atoms with Crippen LogP contribution in [0.25, 0.3) is 0 Å². The van der Waals surface area contributed by atoms with E-state index in [-0.39, 0.29) is 0 Å². The van der Waals surface area contributed by atoms with Gasteiger partial charge in [0.25, 0.3) is 0 Å². The van der Waals surface area contributed by atoms with Crippen LogP contribution in [0.15, 0.2) is 0 Å². The lowest BCUT2D eigenvalue weighted by atomic mass is 9.94. The number of hydrogen-bond donors (Lipinski definition) is 1. The molecule has 2 aliphatic heterocycles. The first-order valence-electron chi connectivity index (χ1n) is 7.38. The molecule has 0 aromatic heterocycles. The largest absolute Gasteiger partial charge is 0.381 e. The number of ether oxygens (including phenoxy) is 1. The third kappa shape index (κ3) is 3.67. The summed E-state index contributed by atoms with van der Waals surface area (Å²) in [5.41, 5.74) is 6.35. The Morgan fingerprint density at radius 2 is 2.24 bits per heavy atom. The maximum Gasteiger partial charge on any atom is 0.0510 e. The van der Waals surface area contributed by atoms with Gasteiger partial charge in [0.2, 0.25) is 0 Å². The first kappa shape index (κ1) is 13.3. The number of nitrogens with zero attached hydrogens (tertiary/aromatic N) is 1. The molecule has 0 bridgehead atoms. The fourth-order valence-electron chi connectivity index (χ4n) is 3.27. The minimum Gasteiger partial charge on any atom is -0.381 e. The average molecular weight is 240 g/mol. The Balaban J connectivity index is 1.81. The molecule has 2 saturated heterocycles. The van der Waals surface area contributed by atoms with Gasteiger partial charge < -0.3 is 10.5 Å². The molecular weight excluding hydrogens is 212 g/mol. The van der Waals surface area contributed by atoms with Crippen molar-refractivity contribution in [1.82, 2.24) is 4.90 Å². The van der Waals surface area contributed by atoms with Gasteiger partial charge in [0.15, 0.2) is 0 Å². The van der Waals surface area contributed by atoms with E-state index in [4.69, 9.17) is 10.5 Å². The molecule has 100 valence electrons. The summed E-state index contributed by atoms with van der Waals surface area (Å²) in [6.45, 7) is 6.42. The van der Waals surface area contributed by atoms with Gasteiger partial charge in [-0.25, -0.2) is 0 Å². The highest BCUT2D eigenvalue weighted by molar-refractivity contribution is 4.84. The molecule has 2 N–H and O–H groups in total. The first-order valence-corrected chi connectivity index (χ1v) is 7.38.